The maximum absolute atomic E-state index is 10.4. The van der Waals surface area contributed by atoms with E-state index in [9.17, 15) is 4.79 Å². The fourth-order valence-corrected chi connectivity index (χ4v) is 1.75. The molecule has 0 unspecified atom stereocenters. The van der Waals surface area contributed by atoms with Crippen LogP contribution < -0.4 is 0 Å². The number of carboxylic acid groups (broad SMARTS) is 1. The summed E-state index contributed by atoms with van der Waals surface area (Å²) < 4.78 is 8.16. The monoisotopic (exact) mass is 208 g/mol. The zero-order valence-electron chi connectivity index (χ0n) is 7.30. The van der Waals surface area contributed by atoms with E-state index in [-0.39, 0.29) is 6.42 Å². The first-order valence-corrected chi connectivity index (χ1v) is 4.92. The highest BCUT2D eigenvalue weighted by Gasteiger charge is 2.02. The number of hydrogen-bond acceptors (Lipinski definition) is 4. The Morgan fingerprint density at radius 1 is 1.36 bits per heavy atom. The van der Waals surface area contributed by atoms with E-state index < -0.39 is 5.97 Å². The second-order valence-electron chi connectivity index (χ2n) is 2.98. The summed E-state index contributed by atoms with van der Waals surface area (Å²) >= 11 is 1.17. The SMILES string of the molecule is O=C(O)CCc1ccc2nsnc2c1. The first-order valence-electron chi connectivity index (χ1n) is 4.19. The van der Waals surface area contributed by atoms with Gasteiger partial charge in [-0.25, -0.2) is 0 Å². The van der Waals surface area contributed by atoms with Crippen molar-refractivity contribution in [2.75, 3.05) is 0 Å². The van der Waals surface area contributed by atoms with E-state index in [1.807, 2.05) is 18.2 Å². The van der Waals surface area contributed by atoms with Crippen LogP contribution in [0.25, 0.3) is 11.0 Å². The van der Waals surface area contributed by atoms with Gasteiger partial charge in [-0.15, -0.1) is 0 Å². The fraction of sp³-hybridized carbons (Fsp3) is 0.222. The minimum atomic E-state index is -0.776. The molecule has 0 saturated heterocycles. The van der Waals surface area contributed by atoms with Gasteiger partial charge in [0.25, 0.3) is 0 Å². The van der Waals surface area contributed by atoms with E-state index in [0.717, 1.165) is 16.6 Å². The molecule has 0 aliphatic rings. The van der Waals surface area contributed by atoms with Gasteiger partial charge in [-0.3, -0.25) is 4.79 Å². The Labute approximate surface area is 84.5 Å². The normalized spacial score (nSPS) is 10.6. The summed E-state index contributed by atoms with van der Waals surface area (Å²) in [4.78, 5) is 10.4. The highest BCUT2D eigenvalue weighted by atomic mass is 32.1. The van der Waals surface area contributed by atoms with Gasteiger partial charge in [-0.05, 0) is 24.1 Å². The number of carbonyl (C=O) groups is 1. The van der Waals surface area contributed by atoms with Crippen molar-refractivity contribution in [2.24, 2.45) is 0 Å². The number of aliphatic carboxylic acids is 1. The number of nitrogens with zero attached hydrogens (tertiary/aromatic N) is 2. The summed E-state index contributed by atoms with van der Waals surface area (Å²) in [6, 6.07) is 5.66. The van der Waals surface area contributed by atoms with Crippen LogP contribution in [-0.2, 0) is 11.2 Å². The number of benzene rings is 1. The molecule has 1 aromatic carbocycles. The second-order valence-corrected chi connectivity index (χ2v) is 3.51. The summed E-state index contributed by atoms with van der Waals surface area (Å²) in [5, 5.41) is 8.52. The molecule has 0 atom stereocenters. The lowest BCUT2D eigenvalue weighted by molar-refractivity contribution is -0.136. The minimum absolute atomic E-state index is 0.156. The van der Waals surface area contributed by atoms with Crippen LogP contribution in [0.1, 0.15) is 12.0 Å². The smallest absolute Gasteiger partial charge is 0.303 e. The van der Waals surface area contributed by atoms with E-state index in [4.69, 9.17) is 5.11 Å². The van der Waals surface area contributed by atoms with Crippen molar-refractivity contribution >= 4 is 28.7 Å². The lowest BCUT2D eigenvalue weighted by Crippen LogP contribution is -1.97. The van der Waals surface area contributed by atoms with Crippen molar-refractivity contribution in [3.8, 4) is 0 Å². The molecule has 1 aromatic heterocycles. The summed E-state index contributed by atoms with van der Waals surface area (Å²) in [7, 11) is 0. The predicted octanol–water partition coefficient (Wildman–Crippen LogP) is 1.71. The van der Waals surface area contributed by atoms with Crippen LogP contribution in [0.5, 0.6) is 0 Å². The van der Waals surface area contributed by atoms with Gasteiger partial charge in [-0.1, -0.05) is 6.07 Å². The van der Waals surface area contributed by atoms with E-state index in [0.29, 0.717) is 6.42 Å². The molecule has 0 aliphatic heterocycles. The van der Waals surface area contributed by atoms with Crippen molar-refractivity contribution in [1.82, 2.24) is 8.75 Å². The van der Waals surface area contributed by atoms with Gasteiger partial charge in [0.1, 0.15) is 11.0 Å². The number of carboxylic acids is 1. The van der Waals surface area contributed by atoms with Gasteiger partial charge >= 0.3 is 5.97 Å². The third-order valence-electron chi connectivity index (χ3n) is 1.95. The van der Waals surface area contributed by atoms with E-state index in [2.05, 4.69) is 8.75 Å². The molecule has 0 spiro atoms. The van der Waals surface area contributed by atoms with Crippen LogP contribution in [-0.4, -0.2) is 19.8 Å². The van der Waals surface area contributed by atoms with Crippen LogP contribution in [0.2, 0.25) is 0 Å². The first kappa shape index (κ1) is 9.08. The molecule has 5 heteroatoms. The Hall–Kier alpha value is -1.49. The molecule has 0 radical (unpaired) electrons. The average Bonchev–Trinajstić information content (AvgIpc) is 2.61. The van der Waals surface area contributed by atoms with Crippen molar-refractivity contribution in [3.63, 3.8) is 0 Å². The molecular formula is C9H8N2O2S. The Morgan fingerprint density at radius 2 is 2.14 bits per heavy atom. The zero-order valence-corrected chi connectivity index (χ0v) is 8.12. The topological polar surface area (TPSA) is 63.1 Å². The van der Waals surface area contributed by atoms with Gasteiger partial charge in [0.15, 0.2) is 0 Å². The third kappa shape index (κ3) is 1.88. The molecule has 1 heterocycles. The van der Waals surface area contributed by atoms with E-state index in [1.54, 1.807) is 0 Å². The van der Waals surface area contributed by atoms with Gasteiger partial charge in [0.2, 0.25) is 0 Å². The largest absolute Gasteiger partial charge is 0.481 e. The molecule has 2 rings (SSSR count). The quantitative estimate of drug-likeness (QED) is 0.834. The molecule has 4 nitrogen and oxygen atoms in total. The van der Waals surface area contributed by atoms with Crippen LogP contribution in [0.15, 0.2) is 18.2 Å². The van der Waals surface area contributed by atoms with Crippen molar-refractivity contribution in [2.45, 2.75) is 12.8 Å². The van der Waals surface area contributed by atoms with Gasteiger partial charge in [-0.2, -0.15) is 8.75 Å². The van der Waals surface area contributed by atoms with Crippen molar-refractivity contribution in [1.29, 1.82) is 0 Å². The minimum Gasteiger partial charge on any atom is -0.481 e. The Morgan fingerprint density at radius 3 is 2.93 bits per heavy atom. The van der Waals surface area contributed by atoms with Crippen LogP contribution in [0.4, 0.5) is 0 Å². The lowest BCUT2D eigenvalue weighted by Gasteiger charge is -1.96. The molecule has 14 heavy (non-hydrogen) atoms. The summed E-state index contributed by atoms with van der Waals surface area (Å²) in [5.41, 5.74) is 2.71. The van der Waals surface area contributed by atoms with Gasteiger partial charge < -0.3 is 5.11 Å². The summed E-state index contributed by atoms with van der Waals surface area (Å²) in [6.07, 6.45) is 0.700. The first-order chi connectivity index (χ1) is 6.75. The predicted molar refractivity (Wildman–Crippen MR) is 53.4 cm³/mol. The van der Waals surface area contributed by atoms with Crippen LogP contribution >= 0.6 is 11.7 Å². The van der Waals surface area contributed by atoms with Crippen LogP contribution in [0.3, 0.4) is 0 Å². The maximum atomic E-state index is 10.4. The second kappa shape index (κ2) is 3.71. The molecule has 0 fully saturated rings. The Kier molecular flexibility index (Phi) is 2.41. The fourth-order valence-electron chi connectivity index (χ4n) is 1.23. The number of fused-ring (bicyclic) bond motifs is 1. The maximum Gasteiger partial charge on any atom is 0.303 e. The molecule has 72 valence electrons. The third-order valence-corrected chi connectivity index (χ3v) is 2.50. The Balaban J connectivity index is 2.21. The number of hydrogen-bond donors (Lipinski definition) is 1. The molecule has 0 saturated carbocycles. The Bertz CT molecular complexity index is 467. The molecule has 1 N–H and O–H groups in total. The highest BCUT2D eigenvalue weighted by Crippen LogP contribution is 2.14. The van der Waals surface area contributed by atoms with Gasteiger partial charge in [0, 0.05) is 6.42 Å². The molecular weight excluding hydrogens is 200 g/mol. The van der Waals surface area contributed by atoms with E-state index >= 15 is 0 Å². The average molecular weight is 208 g/mol. The van der Waals surface area contributed by atoms with Crippen molar-refractivity contribution in [3.05, 3.63) is 23.8 Å². The van der Waals surface area contributed by atoms with Gasteiger partial charge in [0.05, 0.1) is 11.7 Å². The molecule has 0 aliphatic carbocycles. The number of rotatable bonds is 3. The highest BCUT2D eigenvalue weighted by molar-refractivity contribution is 7.00. The number of aromatic nitrogens is 2. The van der Waals surface area contributed by atoms with E-state index in [1.165, 1.54) is 11.7 Å². The molecule has 0 amide bonds. The molecule has 2 aromatic rings. The molecule has 0 bridgehead atoms. The standard InChI is InChI=1S/C9H8N2O2S/c12-9(13)4-2-6-1-3-7-8(5-6)11-14-10-7/h1,3,5H,2,4H2,(H,12,13). The summed E-state index contributed by atoms with van der Waals surface area (Å²) in [5.74, 6) is -0.776. The number of aryl methyl sites for hydroxylation is 1. The summed E-state index contributed by atoms with van der Waals surface area (Å²) in [6.45, 7) is 0. The zero-order chi connectivity index (χ0) is 9.97. The van der Waals surface area contributed by atoms with Crippen molar-refractivity contribution < 1.29 is 9.90 Å². The lowest BCUT2D eigenvalue weighted by atomic mass is 10.1. The van der Waals surface area contributed by atoms with Crippen LogP contribution in [0, 0.1) is 0 Å².